The summed E-state index contributed by atoms with van der Waals surface area (Å²) in [5, 5.41) is 3.23. The van der Waals surface area contributed by atoms with Gasteiger partial charge < -0.3 is 5.32 Å². The van der Waals surface area contributed by atoms with Crippen LogP contribution in [0.1, 0.15) is 40.7 Å². The smallest absolute Gasteiger partial charge is 0.251 e. The summed E-state index contributed by atoms with van der Waals surface area (Å²) in [4.78, 5) is 12.1. The molecule has 1 N–H and O–H groups in total. The van der Waals surface area contributed by atoms with Crippen LogP contribution in [-0.2, 0) is 0 Å². The standard InChI is InChI=1S/C15H20ClNO/c1-10-6-11(2)8-13(7-10)15(18)17-9-12-4-3-5-14(12)16/h6-8,12,14H,3-5,9H2,1-2H3,(H,17,18). The highest BCUT2D eigenvalue weighted by Crippen LogP contribution is 2.29. The third kappa shape index (κ3) is 3.26. The van der Waals surface area contributed by atoms with Gasteiger partial charge in [-0.25, -0.2) is 0 Å². The molecular formula is C15H20ClNO. The minimum Gasteiger partial charge on any atom is -0.352 e. The maximum Gasteiger partial charge on any atom is 0.251 e. The van der Waals surface area contributed by atoms with Gasteiger partial charge in [-0.3, -0.25) is 4.79 Å². The monoisotopic (exact) mass is 265 g/mol. The van der Waals surface area contributed by atoms with Crippen molar-refractivity contribution < 1.29 is 4.79 Å². The lowest BCUT2D eigenvalue weighted by molar-refractivity contribution is 0.0947. The highest BCUT2D eigenvalue weighted by atomic mass is 35.5. The predicted octanol–water partition coefficient (Wildman–Crippen LogP) is 3.44. The van der Waals surface area contributed by atoms with E-state index in [0.29, 0.717) is 12.5 Å². The van der Waals surface area contributed by atoms with Gasteiger partial charge in [-0.2, -0.15) is 0 Å². The Morgan fingerprint density at radius 2 is 1.94 bits per heavy atom. The van der Waals surface area contributed by atoms with Gasteiger partial charge >= 0.3 is 0 Å². The molecule has 98 valence electrons. The van der Waals surface area contributed by atoms with Crippen LogP contribution in [0.25, 0.3) is 0 Å². The number of benzene rings is 1. The Morgan fingerprint density at radius 1 is 1.28 bits per heavy atom. The highest BCUT2D eigenvalue weighted by Gasteiger charge is 2.25. The highest BCUT2D eigenvalue weighted by molar-refractivity contribution is 6.21. The molecule has 0 aliphatic heterocycles. The van der Waals surface area contributed by atoms with E-state index in [1.165, 1.54) is 6.42 Å². The molecule has 2 unspecified atom stereocenters. The van der Waals surface area contributed by atoms with Crippen molar-refractivity contribution in [2.75, 3.05) is 6.54 Å². The van der Waals surface area contributed by atoms with Gasteiger partial charge in [0.2, 0.25) is 0 Å². The van der Waals surface area contributed by atoms with Gasteiger partial charge in [0.25, 0.3) is 5.91 Å². The maximum atomic E-state index is 12.1. The first-order chi connectivity index (χ1) is 8.56. The number of hydrogen-bond acceptors (Lipinski definition) is 1. The number of nitrogens with one attached hydrogen (secondary N) is 1. The van der Waals surface area contributed by atoms with Crippen molar-refractivity contribution in [2.45, 2.75) is 38.5 Å². The van der Waals surface area contributed by atoms with E-state index in [0.717, 1.165) is 29.5 Å². The van der Waals surface area contributed by atoms with Crippen LogP contribution >= 0.6 is 11.6 Å². The quantitative estimate of drug-likeness (QED) is 0.834. The van der Waals surface area contributed by atoms with Crippen molar-refractivity contribution >= 4 is 17.5 Å². The zero-order chi connectivity index (χ0) is 13.1. The fourth-order valence-corrected chi connectivity index (χ4v) is 3.02. The molecule has 1 fully saturated rings. The lowest BCUT2D eigenvalue weighted by atomic mass is 10.1. The number of halogens is 1. The number of rotatable bonds is 3. The van der Waals surface area contributed by atoms with Crippen LogP contribution in [0, 0.1) is 19.8 Å². The summed E-state index contributed by atoms with van der Waals surface area (Å²) in [6, 6.07) is 5.92. The average molecular weight is 266 g/mol. The molecule has 1 aromatic rings. The molecule has 0 spiro atoms. The molecule has 1 aliphatic carbocycles. The molecular weight excluding hydrogens is 246 g/mol. The zero-order valence-corrected chi connectivity index (χ0v) is 11.8. The molecule has 1 aromatic carbocycles. The van der Waals surface area contributed by atoms with Crippen molar-refractivity contribution in [2.24, 2.45) is 5.92 Å². The van der Waals surface area contributed by atoms with E-state index in [1.807, 2.05) is 26.0 Å². The van der Waals surface area contributed by atoms with Gasteiger partial charge in [0.05, 0.1) is 0 Å². The second kappa shape index (κ2) is 5.75. The second-order valence-electron chi connectivity index (χ2n) is 5.29. The first-order valence-corrected chi connectivity index (χ1v) is 7.00. The molecule has 0 saturated heterocycles. The summed E-state index contributed by atoms with van der Waals surface area (Å²) in [7, 11) is 0. The van der Waals surface area contributed by atoms with E-state index in [2.05, 4.69) is 11.4 Å². The Labute approximate surface area is 114 Å². The largest absolute Gasteiger partial charge is 0.352 e. The normalized spacial score (nSPS) is 23.1. The molecule has 1 aliphatic rings. The van der Waals surface area contributed by atoms with Gasteiger partial charge in [-0.1, -0.05) is 23.6 Å². The van der Waals surface area contributed by atoms with Crippen LogP contribution in [0.5, 0.6) is 0 Å². The minimum atomic E-state index is 0.0116. The first-order valence-electron chi connectivity index (χ1n) is 6.57. The van der Waals surface area contributed by atoms with Gasteiger partial charge in [0.15, 0.2) is 0 Å². The van der Waals surface area contributed by atoms with Gasteiger partial charge in [0, 0.05) is 17.5 Å². The number of carbonyl (C=O) groups is 1. The van der Waals surface area contributed by atoms with E-state index in [1.54, 1.807) is 0 Å². The van der Waals surface area contributed by atoms with Crippen molar-refractivity contribution in [3.63, 3.8) is 0 Å². The Hall–Kier alpha value is -1.02. The van der Waals surface area contributed by atoms with Crippen LogP contribution in [0.15, 0.2) is 18.2 Å². The van der Waals surface area contributed by atoms with Gasteiger partial charge in [0.1, 0.15) is 0 Å². The van der Waals surface area contributed by atoms with Crippen LogP contribution < -0.4 is 5.32 Å². The fraction of sp³-hybridized carbons (Fsp3) is 0.533. The summed E-state index contributed by atoms with van der Waals surface area (Å²) >= 11 is 6.21. The predicted molar refractivity (Wildman–Crippen MR) is 75.2 cm³/mol. The number of amides is 1. The minimum absolute atomic E-state index is 0.0116. The maximum absolute atomic E-state index is 12.1. The van der Waals surface area contributed by atoms with E-state index in [-0.39, 0.29) is 11.3 Å². The molecule has 3 heteroatoms. The third-order valence-corrected chi connectivity index (χ3v) is 4.15. The first kappa shape index (κ1) is 13.4. The molecule has 0 radical (unpaired) electrons. The van der Waals surface area contributed by atoms with E-state index < -0.39 is 0 Å². The molecule has 1 amide bonds. The topological polar surface area (TPSA) is 29.1 Å². The van der Waals surface area contributed by atoms with Crippen LogP contribution in [0.2, 0.25) is 0 Å². The molecule has 1 saturated carbocycles. The van der Waals surface area contributed by atoms with Crippen LogP contribution in [-0.4, -0.2) is 17.8 Å². The van der Waals surface area contributed by atoms with E-state index in [9.17, 15) is 4.79 Å². The summed E-state index contributed by atoms with van der Waals surface area (Å²) in [6.07, 6.45) is 3.38. The molecule has 0 heterocycles. The number of carbonyl (C=O) groups excluding carboxylic acids is 1. The Kier molecular flexibility index (Phi) is 4.28. The molecule has 2 nitrogen and oxygen atoms in total. The van der Waals surface area contributed by atoms with Gasteiger partial charge in [-0.15, -0.1) is 11.6 Å². The van der Waals surface area contributed by atoms with E-state index in [4.69, 9.17) is 11.6 Å². The number of aryl methyl sites for hydroxylation is 2. The average Bonchev–Trinajstić information content (AvgIpc) is 2.70. The third-order valence-electron chi connectivity index (χ3n) is 3.58. The van der Waals surface area contributed by atoms with Crippen molar-refractivity contribution in [1.29, 1.82) is 0 Å². The summed E-state index contributed by atoms with van der Waals surface area (Å²) in [5.74, 6) is 0.444. The zero-order valence-electron chi connectivity index (χ0n) is 11.0. The lowest BCUT2D eigenvalue weighted by Gasteiger charge is -2.14. The number of alkyl halides is 1. The molecule has 0 bridgehead atoms. The van der Waals surface area contributed by atoms with Crippen molar-refractivity contribution in [3.05, 3.63) is 34.9 Å². The fourth-order valence-electron chi connectivity index (χ4n) is 2.65. The van der Waals surface area contributed by atoms with Gasteiger partial charge in [-0.05, 0) is 44.7 Å². The Morgan fingerprint density at radius 3 is 2.50 bits per heavy atom. The molecule has 18 heavy (non-hydrogen) atoms. The summed E-state index contributed by atoms with van der Waals surface area (Å²) in [6.45, 7) is 4.71. The van der Waals surface area contributed by atoms with Crippen LogP contribution in [0.3, 0.4) is 0 Å². The lowest BCUT2D eigenvalue weighted by Crippen LogP contribution is -2.31. The van der Waals surface area contributed by atoms with Crippen molar-refractivity contribution in [3.8, 4) is 0 Å². The van der Waals surface area contributed by atoms with Crippen molar-refractivity contribution in [1.82, 2.24) is 5.32 Å². The molecule has 0 aromatic heterocycles. The molecule has 2 rings (SSSR count). The Bertz CT molecular complexity index is 424. The van der Waals surface area contributed by atoms with Crippen LogP contribution in [0.4, 0.5) is 0 Å². The number of hydrogen-bond donors (Lipinski definition) is 1. The summed E-state index contributed by atoms with van der Waals surface area (Å²) in [5.41, 5.74) is 2.99. The Balaban J connectivity index is 1.95. The molecule has 2 atom stereocenters. The SMILES string of the molecule is Cc1cc(C)cc(C(=O)NCC2CCCC2Cl)c1. The second-order valence-corrected chi connectivity index (χ2v) is 5.85. The summed E-state index contributed by atoms with van der Waals surface area (Å²) < 4.78 is 0. The van der Waals surface area contributed by atoms with E-state index >= 15 is 0 Å².